The van der Waals surface area contributed by atoms with Crippen LogP contribution in [0.5, 0.6) is 0 Å². The Morgan fingerprint density at radius 1 is 1.28 bits per heavy atom. The first-order valence-corrected chi connectivity index (χ1v) is 7.11. The fourth-order valence-corrected chi connectivity index (χ4v) is 2.78. The third-order valence-corrected chi connectivity index (χ3v) is 4.05. The molecule has 0 aliphatic carbocycles. The molecule has 5 nitrogen and oxygen atoms in total. The lowest BCUT2D eigenvalue weighted by Gasteiger charge is -2.17. The third kappa shape index (κ3) is 3.69. The van der Waals surface area contributed by atoms with E-state index >= 15 is 0 Å². The summed E-state index contributed by atoms with van der Waals surface area (Å²) in [7, 11) is -3.86. The normalized spacial score (nSPS) is 13.6. The smallest absolute Gasteiger partial charge is 0.322 e. The average Bonchev–Trinajstić information content (AvgIpc) is 2.26. The van der Waals surface area contributed by atoms with E-state index in [1.165, 1.54) is 24.3 Å². The Balaban J connectivity index is 3.01. The zero-order valence-electron chi connectivity index (χ0n) is 9.92. The van der Waals surface area contributed by atoms with Crippen molar-refractivity contribution in [2.45, 2.75) is 24.8 Å². The van der Waals surface area contributed by atoms with E-state index in [0.717, 1.165) is 0 Å². The highest BCUT2D eigenvalue weighted by Gasteiger charge is 2.27. The van der Waals surface area contributed by atoms with Crippen molar-refractivity contribution < 1.29 is 18.3 Å². The van der Waals surface area contributed by atoms with E-state index in [4.69, 9.17) is 16.7 Å². The molecule has 100 valence electrons. The first-order valence-electron chi connectivity index (χ1n) is 5.25. The molecule has 0 heterocycles. The van der Waals surface area contributed by atoms with Gasteiger partial charge in [0.2, 0.25) is 10.0 Å². The summed E-state index contributed by atoms with van der Waals surface area (Å²) in [5, 5.41) is 9.36. The van der Waals surface area contributed by atoms with Crippen molar-refractivity contribution in [1.82, 2.24) is 4.72 Å². The van der Waals surface area contributed by atoms with Crippen LogP contribution in [0.4, 0.5) is 0 Å². The van der Waals surface area contributed by atoms with Crippen molar-refractivity contribution in [3.63, 3.8) is 0 Å². The number of nitrogens with one attached hydrogen (secondary N) is 1. The summed E-state index contributed by atoms with van der Waals surface area (Å²) in [5.74, 6) is -1.56. The van der Waals surface area contributed by atoms with Crippen molar-refractivity contribution in [2.24, 2.45) is 5.92 Å². The zero-order valence-corrected chi connectivity index (χ0v) is 11.5. The Hall–Kier alpha value is -1.11. The van der Waals surface area contributed by atoms with E-state index in [0.29, 0.717) is 5.02 Å². The molecule has 0 radical (unpaired) electrons. The number of carboxylic acids is 1. The maximum atomic E-state index is 11.9. The van der Waals surface area contributed by atoms with Gasteiger partial charge < -0.3 is 5.11 Å². The van der Waals surface area contributed by atoms with Gasteiger partial charge in [0, 0.05) is 5.02 Å². The number of aliphatic carboxylic acids is 1. The summed E-state index contributed by atoms with van der Waals surface area (Å²) in [5.41, 5.74) is 0. The predicted octanol–water partition coefficient (Wildman–Crippen LogP) is 1.73. The maximum absolute atomic E-state index is 11.9. The number of hydrogen-bond donors (Lipinski definition) is 2. The number of benzene rings is 1. The quantitative estimate of drug-likeness (QED) is 0.865. The standard InChI is InChI=1S/C11H14ClNO4S/c1-7(2)10(11(14)15)13-18(16,17)9-5-3-8(12)4-6-9/h3-7,10,13H,1-2H3,(H,14,15). The second-order valence-corrected chi connectivity index (χ2v) is 6.29. The summed E-state index contributed by atoms with van der Waals surface area (Å²) < 4.78 is 26.0. The van der Waals surface area contributed by atoms with Gasteiger partial charge in [0.25, 0.3) is 0 Å². The van der Waals surface area contributed by atoms with E-state index in [9.17, 15) is 13.2 Å². The molecular formula is C11H14ClNO4S. The second-order valence-electron chi connectivity index (χ2n) is 4.14. The van der Waals surface area contributed by atoms with Crippen molar-refractivity contribution in [3.05, 3.63) is 29.3 Å². The monoisotopic (exact) mass is 291 g/mol. The molecule has 0 aliphatic heterocycles. The van der Waals surface area contributed by atoms with Crippen molar-refractivity contribution >= 4 is 27.6 Å². The molecular weight excluding hydrogens is 278 g/mol. The summed E-state index contributed by atoms with van der Waals surface area (Å²) in [6.07, 6.45) is 0. The van der Waals surface area contributed by atoms with Gasteiger partial charge in [-0.2, -0.15) is 4.72 Å². The Morgan fingerprint density at radius 2 is 1.78 bits per heavy atom. The minimum atomic E-state index is -3.86. The van der Waals surface area contributed by atoms with E-state index in [2.05, 4.69) is 4.72 Å². The average molecular weight is 292 g/mol. The number of carboxylic acid groups (broad SMARTS) is 1. The molecule has 1 aromatic carbocycles. The van der Waals surface area contributed by atoms with Crippen LogP contribution in [0.2, 0.25) is 5.02 Å². The fraction of sp³-hybridized carbons (Fsp3) is 0.364. The van der Waals surface area contributed by atoms with Crippen molar-refractivity contribution in [2.75, 3.05) is 0 Å². The van der Waals surface area contributed by atoms with Gasteiger partial charge in [0.05, 0.1) is 4.90 Å². The SMILES string of the molecule is CC(C)C(NS(=O)(=O)c1ccc(Cl)cc1)C(=O)O. The molecule has 0 aromatic heterocycles. The fourth-order valence-electron chi connectivity index (χ4n) is 1.32. The summed E-state index contributed by atoms with van der Waals surface area (Å²) in [6, 6.07) is 4.35. The van der Waals surface area contributed by atoms with Crippen LogP contribution < -0.4 is 4.72 Å². The lowest BCUT2D eigenvalue weighted by Crippen LogP contribution is -2.44. The lowest BCUT2D eigenvalue weighted by atomic mass is 10.1. The van der Waals surface area contributed by atoms with Gasteiger partial charge >= 0.3 is 5.97 Å². The third-order valence-electron chi connectivity index (χ3n) is 2.34. The van der Waals surface area contributed by atoms with Gasteiger partial charge in [-0.05, 0) is 30.2 Å². The molecule has 18 heavy (non-hydrogen) atoms. The van der Waals surface area contributed by atoms with Gasteiger partial charge in [0.15, 0.2) is 0 Å². The first kappa shape index (κ1) is 14.9. The molecule has 0 fully saturated rings. The Kier molecular flexibility index (Phi) is 4.72. The van der Waals surface area contributed by atoms with Gasteiger partial charge in [0.1, 0.15) is 6.04 Å². The molecule has 1 unspecified atom stereocenters. The maximum Gasteiger partial charge on any atom is 0.322 e. The highest BCUT2D eigenvalue weighted by molar-refractivity contribution is 7.89. The number of halogens is 1. The number of sulfonamides is 1. The van der Waals surface area contributed by atoms with Crippen molar-refractivity contribution in [1.29, 1.82) is 0 Å². The van der Waals surface area contributed by atoms with Gasteiger partial charge in [-0.3, -0.25) is 4.79 Å². The van der Waals surface area contributed by atoms with Crippen LogP contribution in [0.15, 0.2) is 29.2 Å². The van der Waals surface area contributed by atoms with Gasteiger partial charge in [-0.25, -0.2) is 8.42 Å². The molecule has 1 aromatic rings. The van der Waals surface area contributed by atoms with Crippen LogP contribution in [-0.4, -0.2) is 25.5 Å². The van der Waals surface area contributed by atoms with E-state index in [1.54, 1.807) is 13.8 Å². The predicted molar refractivity (Wildman–Crippen MR) is 68.0 cm³/mol. The zero-order chi connectivity index (χ0) is 13.9. The minimum Gasteiger partial charge on any atom is -0.480 e. The molecule has 2 N–H and O–H groups in total. The highest BCUT2D eigenvalue weighted by Crippen LogP contribution is 2.15. The number of rotatable bonds is 5. The Morgan fingerprint density at radius 3 is 2.17 bits per heavy atom. The highest BCUT2D eigenvalue weighted by atomic mass is 35.5. The van der Waals surface area contributed by atoms with E-state index in [-0.39, 0.29) is 10.8 Å². The molecule has 0 bridgehead atoms. The molecule has 0 saturated heterocycles. The molecule has 0 aliphatic rings. The van der Waals surface area contributed by atoms with Crippen LogP contribution in [0.1, 0.15) is 13.8 Å². The van der Waals surface area contributed by atoms with Crippen LogP contribution in [0.3, 0.4) is 0 Å². The first-order chi connectivity index (χ1) is 8.24. The summed E-state index contributed by atoms with van der Waals surface area (Å²) in [6.45, 7) is 3.26. The second kappa shape index (κ2) is 5.69. The van der Waals surface area contributed by atoms with Gasteiger partial charge in [-0.1, -0.05) is 25.4 Å². The van der Waals surface area contributed by atoms with Crippen LogP contribution in [-0.2, 0) is 14.8 Å². The van der Waals surface area contributed by atoms with Crippen molar-refractivity contribution in [3.8, 4) is 0 Å². The molecule has 0 spiro atoms. The molecule has 0 amide bonds. The summed E-state index contributed by atoms with van der Waals surface area (Å²) >= 11 is 5.66. The minimum absolute atomic E-state index is 0.0150. The lowest BCUT2D eigenvalue weighted by molar-refractivity contribution is -0.140. The summed E-state index contributed by atoms with van der Waals surface area (Å²) in [4.78, 5) is 10.9. The molecule has 1 rings (SSSR count). The van der Waals surface area contributed by atoms with Crippen LogP contribution >= 0.6 is 11.6 Å². The van der Waals surface area contributed by atoms with Crippen LogP contribution in [0.25, 0.3) is 0 Å². The van der Waals surface area contributed by atoms with Gasteiger partial charge in [-0.15, -0.1) is 0 Å². The Labute approximate surface area is 111 Å². The number of carbonyl (C=O) groups is 1. The largest absolute Gasteiger partial charge is 0.480 e. The van der Waals surface area contributed by atoms with E-state index < -0.39 is 22.0 Å². The molecule has 7 heteroatoms. The topological polar surface area (TPSA) is 83.5 Å². The molecule has 1 atom stereocenters. The molecule has 0 saturated carbocycles. The van der Waals surface area contributed by atoms with Crippen LogP contribution in [0, 0.1) is 5.92 Å². The van der Waals surface area contributed by atoms with E-state index in [1.807, 2.05) is 0 Å². The number of hydrogen-bond acceptors (Lipinski definition) is 3. The Bertz CT molecular complexity index is 524.